The van der Waals surface area contributed by atoms with E-state index in [9.17, 15) is 5.11 Å². The molecule has 1 aromatic carbocycles. The first-order chi connectivity index (χ1) is 10.2. The third-order valence-electron chi connectivity index (χ3n) is 3.42. The van der Waals surface area contributed by atoms with E-state index >= 15 is 0 Å². The minimum atomic E-state index is -0.524. The highest BCUT2D eigenvalue weighted by molar-refractivity contribution is 6.30. The van der Waals surface area contributed by atoms with Crippen LogP contribution in [-0.4, -0.2) is 42.6 Å². The van der Waals surface area contributed by atoms with E-state index in [1.807, 2.05) is 24.3 Å². The minimum Gasteiger partial charge on any atom is -0.396 e. The quantitative estimate of drug-likeness (QED) is 0.586. The van der Waals surface area contributed by atoms with Gasteiger partial charge in [0.15, 0.2) is 0 Å². The molecule has 5 heteroatoms. The Labute approximate surface area is 132 Å². The minimum absolute atomic E-state index is 0.215. The second-order valence-electron chi connectivity index (χ2n) is 5.24. The van der Waals surface area contributed by atoms with E-state index in [-0.39, 0.29) is 6.61 Å². The molecule has 4 nitrogen and oxygen atoms in total. The normalized spacial score (nSPS) is 14.1. The van der Waals surface area contributed by atoms with Crippen molar-refractivity contribution < 1.29 is 14.9 Å². The lowest BCUT2D eigenvalue weighted by Crippen LogP contribution is -2.33. The van der Waals surface area contributed by atoms with Crippen LogP contribution in [0.15, 0.2) is 24.3 Å². The first-order valence-corrected chi connectivity index (χ1v) is 7.85. The summed E-state index contributed by atoms with van der Waals surface area (Å²) in [6.07, 6.45) is 1.30. The Balaban J connectivity index is 2.10. The van der Waals surface area contributed by atoms with Crippen LogP contribution in [0.2, 0.25) is 5.02 Å². The molecule has 120 valence electrons. The molecule has 2 unspecified atom stereocenters. The molecule has 0 heterocycles. The first kappa shape index (κ1) is 18.4. The van der Waals surface area contributed by atoms with Crippen molar-refractivity contribution in [2.45, 2.75) is 32.5 Å². The molecule has 0 aromatic heterocycles. The molecule has 21 heavy (non-hydrogen) atoms. The van der Waals surface area contributed by atoms with Gasteiger partial charge in [0.1, 0.15) is 0 Å². The fraction of sp³-hybridized carbons (Fsp3) is 0.625. The van der Waals surface area contributed by atoms with Crippen LogP contribution in [0.3, 0.4) is 0 Å². The molecule has 0 aliphatic heterocycles. The largest absolute Gasteiger partial charge is 0.396 e. The van der Waals surface area contributed by atoms with Crippen LogP contribution in [-0.2, 0) is 11.3 Å². The standard InChI is InChI=1S/C16H26ClNO3/c1-2-13(7-8-19)9-18-10-16(20)12-21-11-14-3-5-15(17)6-4-14/h3-6,13,16,18-20H,2,7-12H2,1H3. The lowest BCUT2D eigenvalue weighted by Gasteiger charge is -2.17. The van der Waals surface area contributed by atoms with Crippen LogP contribution < -0.4 is 5.32 Å². The van der Waals surface area contributed by atoms with Gasteiger partial charge in [0, 0.05) is 18.2 Å². The van der Waals surface area contributed by atoms with Crippen molar-refractivity contribution in [3.63, 3.8) is 0 Å². The van der Waals surface area contributed by atoms with E-state index < -0.39 is 6.10 Å². The first-order valence-electron chi connectivity index (χ1n) is 7.47. The lowest BCUT2D eigenvalue weighted by molar-refractivity contribution is 0.0284. The predicted molar refractivity (Wildman–Crippen MR) is 85.5 cm³/mol. The second-order valence-corrected chi connectivity index (χ2v) is 5.68. The summed E-state index contributed by atoms with van der Waals surface area (Å²) in [4.78, 5) is 0. The van der Waals surface area contributed by atoms with Crippen molar-refractivity contribution >= 4 is 11.6 Å². The van der Waals surface area contributed by atoms with E-state index in [1.54, 1.807) is 0 Å². The number of aliphatic hydroxyl groups is 2. The summed E-state index contributed by atoms with van der Waals surface area (Å²) in [6, 6.07) is 7.47. The van der Waals surface area contributed by atoms with E-state index in [0.717, 1.165) is 24.9 Å². The van der Waals surface area contributed by atoms with Crippen molar-refractivity contribution in [1.29, 1.82) is 0 Å². The molecular weight excluding hydrogens is 290 g/mol. The Morgan fingerprint density at radius 1 is 1.24 bits per heavy atom. The highest BCUT2D eigenvalue weighted by atomic mass is 35.5. The van der Waals surface area contributed by atoms with Gasteiger partial charge in [-0.05, 0) is 36.6 Å². The second kappa shape index (κ2) is 11.0. The number of ether oxygens (including phenoxy) is 1. The van der Waals surface area contributed by atoms with Crippen molar-refractivity contribution in [2.24, 2.45) is 5.92 Å². The number of benzene rings is 1. The fourth-order valence-electron chi connectivity index (χ4n) is 2.04. The Kier molecular flexibility index (Phi) is 9.63. The zero-order chi connectivity index (χ0) is 15.5. The number of halogens is 1. The molecular formula is C16H26ClNO3. The maximum absolute atomic E-state index is 9.83. The fourth-order valence-corrected chi connectivity index (χ4v) is 2.17. The Morgan fingerprint density at radius 3 is 2.57 bits per heavy atom. The SMILES string of the molecule is CCC(CCO)CNCC(O)COCc1ccc(Cl)cc1. The zero-order valence-electron chi connectivity index (χ0n) is 12.6. The number of nitrogens with one attached hydrogen (secondary N) is 1. The van der Waals surface area contributed by atoms with Gasteiger partial charge in [-0.1, -0.05) is 37.1 Å². The van der Waals surface area contributed by atoms with Crippen LogP contribution in [0, 0.1) is 5.92 Å². The maximum atomic E-state index is 9.83. The highest BCUT2D eigenvalue weighted by Crippen LogP contribution is 2.10. The van der Waals surface area contributed by atoms with Gasteiger partial charge in [-0.3, -0.25) is 0 Å². The van der Waals surface area contributed by atoms with Crippen molar-refractivity contribution in [1.82, 2.24) is 5.32 Å². The smallest absolute Gasteiger partial charge is 0.0897 e. The monoisotopic (exact) mass is 315 g/mol. The topological polar surface area (TPSA) is 61.7 Å². The molecule has 3 N–H and O–H groups in total. The van der Waals surface area contributed by atoms with Gasteiger partial charge in [-0.15, -0.1) is 0 Å². The van der Waals surface area contributed by atoms with Gasteiger partial charge in [0.05, 0.1) is 19.3 Å². The molecule has 1 aromatic rings. The van der Waals surface area contributed by atoms with E-state index in [2.05, 4.69) is 12.2 Å². The van der Waals surface area contributed by atoms with Crippen LogP contribution in [0.4, 0.5) is 0 Å². The van der Waals surface area contributed by atoms with Gasteiger partial charge in [-0.25, -0.2) is 0 Å². The summed E-state index contributed by atoms with van der Waals surface area (Å²) in [6.45, 7) is 4.40. The predicted octanol–water partition coefficient (Wildman–Crippen LogP) is 2.22. The number of rotatable bonds is 11. The lowest BCUT2D eigenvalue weighted by atomic mass is 10.0. The van der Waals surface area contributed by atoms with Crippen LogP contribution >= 0.6 is 11.6 Å². The molecule has 0 fully saturated rings. The molecule has 0 saturated carbocycles. The molecule has 0 amide bonds. The highest BCUT2D eigenvalue weighted by Gasteiger charge is 2.08. The molecule has 0 aliphatic rings. The summed E-state index contributed by atoms with van der Waals surface area (Å²) in [5, 5.41) is 22.7. The van der Waals surface area contributed by atoms with Crippen molar-refractivity contribution in [2.75, 3.05) is 26.3 Å². The van der Waals surface area contributed by atoms with Gasteiger partial charge < -0.3 is 20.3 Å². The van der Waals surface area contributed by atoms with Crippen molar-refractivity contribution in [3.8, 4) is 0 Å². The number of aliphatic hydroxyl groups excluding tert-OH is 2. The van der Waals surface area contributed by atoms with Crippen LogP contribution in [0.25, 0.3) is 0 Å². The summed E-state index contributed by atoms with van der Waals surface area (Å²) in [7, 11) is 0. The molecule has 0 aliphatic carbocycles. The summed E-state index contributed by atoms with van der Waals surface area (Å²) < 4.78 is 5.48. The van der Waals surface area contributed by atoms with E-state index in [0.29, 0.717) is 30.7 Å². The third-order valence-corrected chi connectivity index (χ3v) is 3.67. The van der Waals surface area contributed by atoms with Gasteiger partial charge in [0.2, 0.25) is 0 Å². The molecule has 0 radical (unpaired) electrons. The van der Waals surface area contributed by atoms with Crippen LogP contribution in [0.1, 0.15) is 25.3 Å². The number of hydrogen-bond acceptors (Lipinski definition) is 4. The molecule has 0 bridgehead atoms. The van der Waals surface area contributed by atoms with Gasteiger partial charge in [0.25, 0.3) is 0 Å². The number of hydrogen-bond donors (Lipinski definition) is 3. The molecule has 0 saturated heterocycles. The Bertz CT molecular complexity index is 372. The van der Waals surface area contributed by atoms with Gasteiger partial charge >= 0.3 is 0 Å². The average Bonchev–Trinajstić information content (AvgIpc) is 2.48. The summed E-state index contributed by atoms with van der Waals surface area (Å²) in [5.74, 6) is 0.456. The molecule has 2 atom stereocenters. The maximum Gasteiger partial charge on any atom is 0.0897 e. The molecule has 0 spiro atoms. The molecule has 1 rings (SSSR count). The zero-order valence-corrected chi connectivity index (χ0v) is 13.4. The summed E-state index contributed by atoms with van der Waals surface area (Å²) in [5.41, 5.74) is 1.04. The van der Waals surface area contributed by atoms with E-state index in [4.69, 9.17) is 21.4 Å². The van der Waals surface area contributed by atoms with Gasteiger partial charge in [-0.2, -0.15) is 0 Å². The van der Waals surface area contributed by atoms with Crippen LogP contribution in [0.5, 0.6) is 0 Å². The Morgan fingerprint density at radius 2 is 1.95 bits per heavy atom. The average molecular weight is 316 g/mol. The summed E-state index contributed by atoms with van der Waals surface area (Å²) >= 11 is 5.81. The van der Waals surface area contributed by atoms with E-state index in [1.165, 1.54) is 0 Å². The third kappa shape index (κ3) is 8.39. The Hall–Kier alpha value is -0.650. The van der Waals surface area contributed by atoms with Crippen molar-refractivity contribution in [3.05, 3.63) is 34.9 Å².